The fraction of sp³-hybridized carbons (Fsp3) is 0.727. The number of nitrogens with one attached hydrogen (secondary N) is 1. The van der Waals surface area contributed by atoms with Gasteiger partial charge in [-0.3, -0.25) is 4.79 Å². The van der Waals surface area contributed by atoms with Gasteiger partial charge in [-0.2, -0.15) is 0 Å². The third-order valence-corrected chi connectivity index (χ3v) is 4.32. The second-order valence-electron chi connectivity index (χ2n) is 4.45. The van der Waals surface area contributed by atoms with Crippen molar-refractivity contribution in [2.24, 2.45) is 5.92 Å². The second-order valence-corrected chi connectivity index (χ2v) is 6.01. The van der Waals surface area contributed by atoms with Crippen molar-refractivity contribution in [3.05, 3.63) is 9.47 Å². The van der Waals surface area contributed by atoms with Crippen LogP contribution in [0.25, 0.3) is 0 Å². The predicted molar refractivity (Wildman–Crippen MR) is 72.1 cm³/mol. The Morgan fingerprint density at radius 1 is 1.50 bits per heavy atom. The molecule has 0 aliphatic carbocycles. The van der Waals surface area contributed by atoms with Gasteiger partial charge in [0, 0.05) is 6.54 Å². The van der Waals surface area contributed by atoms with Crippen LogP contribution in [0.1, 0.15) is 29.6 Å². The molecule has 0 saturated carbocycles. The number of hydrogen-bond donors (Lipinski definition) is 1. The SMILES string of the molecule is CCN1CCC(CNC(=O)c2nnc(Cl)s2)CC1. The highest BCUT2D eigenvalue weighted by Gasteiger charge is 2.19. The maximum atomic E-state index is 11.7. The predicted octanol–water partition coefficient (Wildman–Crippen LogP) is 1.65. The molecule has 5 nitrogen and oxygen atoms in total. The summed E-state index contributed by atoms with van der Waals surface area (Å²) in [5.41, 5.74) is 0. The molecule has 1 N–H and O–H groups in total. The Bertz CT molecular complexity index is 404. The van der Waals surface area contributed by atoms with E-state index in [1.807, 2.05) is 0 Å². The molecule has 2 heterocycles. The fourth-order valence-electron chi connectivity index (χ4n) is 2.12. The van der Waals surface area contributed by atoms with Gasteiger partial charge in [-0.25, -0.2) is 0 Å². The van der Waals surface area contributed by atoms with Gasteiger partial charge in [0.05, 0.1) is 0 Å². The van der Waals surface area contributed by atoms with Crippen molar-refractivity contribution in [1.82, 2.24) is 20.4 Å². The first-order valence-corrected chi connectivity index (χ1v) is 7.38. The molecule has 1 amide bonds. The quantitative estimate of drug-likeness (QED) is 0.915. The van der Waals surface area contributed by atoms with Crippen molar-refractivity contribution in [3.63, 3.8) is 0 Å². The Morgan fingerprint density at radius 3 is 2.78 bits per heavy atom. The van der Waals surface area contributed by atoms with E-state index in [2.05, 4.69) is 27.3 Å². The molecule has 1 aromatic rings. The van der Waals surface area contributed by atoms with Crippen molar-refractivity contribution < 1.29 is 4.79 Å². The first kappa shape index (κ1) is 13.7. The molecule has 1 aromatic heterocycles. The summed E-state index contributed by atoms with van der Waals surface area (Å²) in [6.45, 7) is 6.26. The lowest BCUT2D eigenvalue weighted by molar-refractivity contribution is 0.0936. The van der Waals surface area contributed by atoms with E-state index in [9.17, 15) is 4.79 Å². The number of likely N-dealkylation sites (tertiary alicyclic amines) is 1. The van der Waals surface area contributed by atoms with Crippen LogP contribution >= 0.6 is 22.9 Å². The maximum absolute atomic E-state index is 11.7. The van der Waals surface area contributed by atoms with E-state index in [4.69, 9.17) is 11.6 Å². The molecule has 1 aliphatic heterocycles. The average Bonchev–Trinajstić information content (AvgIpc) is 2.83. The zero-order valence-corrected chi connectivity index (χ0v) is 11.9. The molecule has 100 valence electrons. The number of rotatable bonds is 4. The van der Waals surface area contributed by atoms with Gasteiger partial charge in [-0.05, 0) is 50.0 Å². The van der Waals surface area contributed by atoms with Crippen LogP contribution in [-0.2, 0) is 0 Å². The number of halogens is 1. The van der Waals surface area contributed by atoms with Crippen molar-refractivity contribution in [2.45, 2.75) is 19.8 Å². The highest BCUT2D eigenvalue weighted by molar-refractivity contribution is 7.17. The average molecular weight is 289 g/mol. The zero-order chi connectivity index (χ0) is 13.0. The Hall–Kier alpha value is -0.720. The zero-order valence-electron chi connectivity index (χ0n) is 10.4. The molecule has 0 radical (unpaired) electrons. The van der Waals surface area contributed by atoms with E-state index >= 15 is 0 Å². The number of carbonyl (C=O) groups excluding carboxylic acids is 1. The minimum atomic E-state index is -0.169. The van der Waals surface area contributed by atoms with Crippen LogP contribution in [0.15, 0.2) is 0 Å². The van der Waals surface area contributed by atoms with Crippen LogP contribution in [0, 0.1) is 5.92 Å². The molecule has 7 heteroatoms. The highest BCUT2D eigenvalue weighted by Crippen LogP contribution is 2.17. The molecular weight excluding hydrogens is 272 g/mol. The monoisotopic (exact) mass is 288 g/mol. The Morgan fingerprint density at radius 2 is 2.22 bits per heavy atom. The molecule has 0 spiro atoms. The van der Waals surface area contributed by atoms with Crippen LogP contribution in [0.5, 0.6) is 0 Å². The minimum Gasteiger partial charge on any atom is -0.350 e. The highest BCUT2D eigenvalue weighted by atomic mass is 35.5. The van der Waals surface area contributed by atoms with Crippen LogP contribution in [0.2, 0.25) is 4.47 Å². The van der Waals surface area contributed by atoms with Crippen molar-refractivity contribution in [2.75, 3.05) is 26.2 Å². The molecule has 1 saturated heterocycles. The lowest BCUT2D eigenvalue weighted by atomic mass is 9.97. The van der Waals surface area contributed by atoms with E-state index in [0.29, 0.717) is 21.9 Å². The van der Waals surface area contributed by atoms with E-state index < -0.39 is 0 Å². The fourth-order valence-corrected chi connectivity index (χ4v) is 2.86. The molecule has 0 aromatic carbocycles. The Labute approximate surface area is 116 Å². The largest absolute Gasteiger partial charge is 0.350 e. The standard InChI is InChI=1S/C11H17ClN4OS/c1-2-16-5-3-8(4-6-16)7-13-9(17)10-14-15-11(12)18-10/h8H,2-7H2,1H3,(H,13,17). The van der Waals surface area contributed by atoms with Crippen molar-refractivity contribution >= 4 is 28.8 Å². The van der Waals surface area contributed by atoms with Crippen LogP contribution in [0.3, 0.4) is 0 Å². The second kappa shape index (κ2) is 6.45. The number of amides is 1. The summed E-state index contributed by atoms with van der Waals surface area (Å²) in [4.78, 5) is 14.2. The minimum absolute atomic E-state index is 0.169. The van der Waals surface area contributed by atoms with Crippen molar-refractivity contribution in [3.8, 4) is 0 Å². The molecule has 1 fully saturated rings. The van der Waals surface area contributed by atoms with E-state index in [-0.39, 0.29) is 5.91 Å². The van der Waals surface area contributed by atoms with Gasteiger partial charge in [0.15, 0.2) is 0 Å². The van der Waals surface area contributed by atoms with Gasteiger partial charge in [-0.15, -0.1) is 10.2 Å². The molecule has 0 atom stereocenters. The third-order valence-electron chi connectivity index (χ3n) is 3.30. The molecule has 0 unspecified atom stereocenters. The Balaban J connectivity index is 1.74. The van der Waals surface area contributed by atoms with E-state index in [1.165, 1.54) is 0 Å². The Kier molecular flexibility index (Phi) is 4.91. The first-order valence-electron chi connectivity index (χ1n) is 6.18. The van der Waals surface area contributed by atoms with Crippen LogP contribution in [0.4, 0.5) is 0 Å². The summed E-state index contributed by atoms with van der Waals surface area (Å²) < 4.78 is 0.302. The van der Waals surface area contributed by atoms with Gasteiger partial charge in [0.2, 0.25) is 9.47 Å². The van der Waals surface area contributed by atoms with Gasteiger partial charge >= 0.3 is 0 Å². The maximum Gasteiger partial charge on any atom is 0.282 e. The van der Waals surface area contributed by atoms with Crippen LogP contribution in [-0.4, -0.2) is 47.2 Å². The van der Waals surface area contributed by atoms with Gasteiger partial charge < -0.3 is 10.2 Å². The number of hydrogen-bond acceptors (Lipinski definition) is 5. The summed E-state index contributed by atoms with van der Waals surface area (Å²) in [5, 5.41) is 10.6. The van der Waals surface area contributed by atoms with E-state index in [1.54, 1.807) is 0 Å². The molecule has 1 aliphatic rings. The number of nitrogens with zero attached hydrogens (tertiary/aromatic N) is 3. The third kappa shape index (κ3) is 3.63. The molecular formula is C11H17ClN4OS. The number of carbonyl (C=O) groups is 1. The molecule has 2 rings (SSSR count). The summed E-state index contributed by atoms with van der Waals surface area (Å²) >= 11 is 6.75. The molecule has 18 heavy (non-hydrogen) atoms. The summed E-state index contributed by atoms with van der Waals surface area (Å²) in [5.74, 6) is 0.400. The first-order chi connectivity index (χ1) is 8.69. The smallest absolute Gasteiger partial charge is 0.282 e. The normalized spacial score (nSPS) is 17.9. The lowest BCUT2D eigenvalue weighted by Crippen LogP contribution is -2.38. The lowest BCUT2D eigenvalue weighted by Gasteiger charge is -2.30. The van der Waals surface area contributed by atoms with E-state index in [0.717, 1.165) is 43.8 Å². The summed E-state index contributed by atoms with van der Waals surface area (Å²) in [6, 6.07) is 0. The van der Waals surface area contributed by atoms with Gasteiger partial charge in [0.1, 0.15) is 0 Å². The van der Waals surface area contributed by atoms with Gasteiger partial charge in [0.25, 0.3) is 5.91 Å². The van der Waals surface area contributed by atoms with Crippen molar-refractivity contribution in [1.29, 1.82) is 0 Å². The summed E-state index contributed by atoms with van der Waals surface area (Å²) in [6.07, 6.45) is 2.29. The molecule has 0 bridgehead atoms. The summed E-state index contributed by atoms with van der Waals surface area (Å²) in [7, 11) is 0. The van der Waals surface area contributed by atoms with Gasteiger partial charge in [-0.1, -0.05) is 18.3 Å². The number of aromatic nitrogens is 2. The number of piperidine rings is 1. The van der Waals surface area contributed by atoms with Crippen LogP contribution < -0.4 is 5.32 Å². The topological polar surface area (TPSA) is 58.1 Å².